The predicted molar refractivity (Wildman–Crippen MR) is 135 cm³/mol. The smallest absolute Gasteiger partial charge is 0.338 e. The van der Waals surface area contributed by atoms with Gasteiger partial charge in [-0.2, -0.15) is 5.10 Å². The number of esters is 1. The Morgan fingerprint density at radius 3 is 2.82 bits per heavy atom. The number of pyridine rings is 1. The molecule has 166 valence electrons. The highest BCUT2D eigenvalue weighted by molar-refractivity contribution is 14.1. The first-order chi connectivity index (χ1) is 16.1. The molecular weight excluding hydrogens is 529 g/mol. The van der Waals surface area contributed by atoms with Crippen molar-refractivity contribution < 1.29 is 14.3 Å². The highest BCUT2D eigenvalue weighted by Gasteiger charge is 2.13. The standard InChI is InChI=1S/C26H22IN3O3/c1-3-5-8-18-13-20-16-29-30(22-10-6-9-19(14-22)26(31)32-4-2)24(20)15-21(18)17-33-25-23(27)11-7-12-28-25/h6-7,9-16H,3-4,17H2,1-2H3. The molecule has 0 fully saturated rings. The SMILES string of the molecule is CCC#Cc1cc2cnn(-c3cccc(C(=O)OCC)c3)c2cc1COc1ncccc1I. The fourth-order valence-electron chi connectivity index (χ4n) is 3.34. The molecule has 2 heterocycles. The number of rotatable bonds is 6. The number of halogens is 1. The van der Waals surface area contributed by atoms with Crippen LogP contribution in [0.25, 0.3) is 16.6 Å². The fraction of sp³-hybridized carbons (Fsp3) is 0.192. The number of hydrogen-bond acceptors (Lipinski definition) is 5. The first kappa shape index (κ1) is 22.8. The van der Waals surface area contributed by atoms with Gasteiger partial charge in [0.05, 0.1) is 33.1 Å². The van der Waals surface area contributed by atoms with E-state index >= 15 is 0 Å². The molecule has 0 radical (unpaired) electrons. The van der Waals surface area contributed by atoms with Gasteiger partial charge < -0.3 is 9.47 Å². The highest BCUT2D eigenvalue weighted by Crippen LogP contribution is 2.25. The Labute approximate surface area is 206 Å². The highest BCUT2D eigenvalue weighted by atomic mass is 127. The Kier molecular flexibility index (Phi) is 7.25. The van der Waals surface area contributed by atoms with Crippen molar-refractivity contribution in [2.24, 2.45) is 0 Å². The molecule has 0 N–H and O–H groups in total. The number of benzene rings is 2. The van der Waals surface area contributed by atoms with Gasteiger partial charge in [-0.15, -0.1) is 0 Å². The number of hydrogen-bond donors (Lipinski definition) is 0. The second-order valence-electron chi connectivity index (χ2n) is 7.13. The van der Waals surface area contributed by atoms with Crippen molar-refractivity contribution in [3.05, 3.63) is 81.2 Å². The molecule has 0 saturated carbocycles. The molecule has 2 aromatic heterocycles. The van der Waals surface area contributed by atoms with Crippen molar-refractivity contribution in [2.45, 2.75) is 26.9 Å². The van der Waals surface area contributed by atoms with E-state index in [0.29, 0.717) is 24.7 Å². The summed E-state index contributed by atoms with van der Waals surface area (Å²) in [4.78, 5) is 16.5. The number of carbonyl (C=O) groups excluding carboxylic acids is 1. The van der Waals surface area contributed by atoms with Crippen molar-refractivity contribution in [3.8, 4) is 23.4 Å². The molecule has 33 heavy (non-hydrogen) atoms. The number of aromatic nitrogens is 3. The lowest BCUT2D eigenvalue weighted by atomic mass is 10.1. The molecule has 0 aliphatic carbocycles. The van der Waals surface area contributed by atoms with E-state index in [1.807, 2.05) is 48.0 Å². The van der Waals surface area contributed by atoms with Crippen molar-refractivity contribution in [3.63, 3.8) is 0 Å². The third-order valence-electron chi connectivity index (χ3n) is 4.88. The number of nitrogens with zero attached hydrogens (tertiary/aromatic N) is 3. The molecule has 6 nitrogen and oxygen atoms in total. The average molecular weight is 551 g/mol. The number of fused-ring (bicyclic) bond motifs is 1. The summed E-state index contributed by atoms with van der Waals surface area (Å²) in [5.41, 5.74) is 3.99. The van der Waals surface area contributed by atoms with Gasteiger partial charge in [0.15, 0.2) is 0 Å². The second-order valence-corrected chi connectivity index (χ2v) is 8.29. The summed E-state index contributed by atoms with van der Waals surface area (Å²) in [5, 5.41) is 5.52. The van der Waals surface area contributed by atoms with Gasteiger partial charge in [0.2, 0.25) is 5.88 Å². The van der Waals surface area contributed by atoms with Crippen LogP contribution in [0.3, 0.4) is 0 Å². The van der Waals surface area contributed by atoms with Crippen molar-refractivity contribution in [1.82, 2.24) is 14.8 Å². The van der Waals surface area contributed by atoms with Crippen LogP contribution in [0.15, 0.2) is 60.9 Å². The molecule has 0 atom stereocenters. The summed E-state index contributed by atoms with van der Waals surface area (Å²) in [6, 6.07) is 15.1. The van der Waals surface area contributed by atoms with Crippen molar-refractivity contribution in [2.75, 3.05) is 6.61 Å². The predicted octanol–water partition coefficient (Wildman–Crippen LogP) is 5.54. The van der Waals surface area contributed by atoms with Crippen LogP contribution in [-0.2, 0) is 11.3 Å². The van der Waals surface area contributed by atoms with E-state index in [2.05, 4.69) is 44.5 Å². The zero-order valence-electron chi connectivity index (χ0n) is 18.3. The zero-order chi connectivity index (χ0) is 23.2. The third kappa shape index (κ3) is 5.17. The first-order valence-corrected chi connectivity index (χ1v) is 11.7. The summed E-state index contributed by atoms with van der Waals surface area (Å²) >= 11 is 2.21. The molecule has 0 unspecified atom stereocenters. The van der Waals surface area contributed by atoms with Gasteiger partial charge in [-0.05, 0) is 72.0 Å². The Morgan fingerprint density at radius 1 is 1.15 bits per heavy atom. The average Bonchev–Trinajstić information content (AvgIpc) is 3.25. The van der Waals surface area contributed by atoms with E-state index < -0.39 is 0 Å². The molecule has 0 aliphatic heterocycles. The summed E-state index contributed by atoms with van der Waals surface area (Å²) in [6.07, 6.45) is 4.27. The largest absolute Gasteiger partial charge is 0.472 e. The maximum Gasteiger partial charge on any atom is 0.338 e. The van der Waals surface area contributed by atoms with Crippen LogP contribution in [0.2, 0.25) is 0 Å². The maximum atomic E-state index is 12.2. The van der Waals surface area contributed by atoms with Crippen molar-refractivity contribution in [1.29, 1.82) is 0 Å². The van der Waals surface area contributed by atoms with E-state index in [1.165, 1.54) is 0 Å². The molecule has 0 aliphatic rings. The molecular formula is C26H22IN3O3. The van der Waals surface area contributed by atoms with Gasteiger partial charge in [-0.1, -0.05) is 24.8 Å². The summed E-state index contributed by atoms with van der Waals surface area (Å²) in [6.45, 7) is 4.46. The Bertz CT molecular complexity index is 1370. The molecule has 4 aromatic rings. The van der Waals surface area contributed by atoms with E-state index in [9.17, 15) is 4.79 Å². The van der Waals surface area contributed by atoms with Gasteiger partial charge in [0.25, 0.3) is 0 Å². The molecule has 2 aromatic carbocycles. The first-order valence-electron chi connectivity index (χ1n) is 10.6. The summed E-state index contributed by atoms with van der Waals surface area (Å²) in [7, 11) is 0. The van der Waals surface area contributed by atoms with E-state index in [1.54, 1.807) is 31.5 Å². The lowest BCUT2D eigenvalue weighted by Crippen LogP contribution is -2.06. The molecule has 0 amide bonds. The minimum atomic E-state index is -0.355. The van der Waals surface area contributed by atoms with Crippen LogP contribution < -0.4 is 4.74 Å². The molecule has 0 bridgehead atoms. The summed E-state index contributed by atoms with van der Waals surface area (Å²) < 4.78 is 13.9. The van der Waals surface area contributed by atoms with Crippen molar-refractivity contribution >= 4 is 39.5 Å². The van der Waals surface area contributed by atoms with Gasteiger partial charge in [-0.25, -0.2) is 14.5 Å². The van der Waals surface area contributed by atoms with Crippen LogP contribution in [0.4, 0.5) is 0 Å². The van der Waals surface area contributed by atoms with Gasteiger partial charge in [-0.3, -0.25) is 0 Å². The van der Waals surface area contributed by atoms with E-state index in [4.69, 9.17) is 9.47 Å². The monoisotopic (exact) mass is 551 g/mol. The van der Waals surface area contributed by atoms with Gasteiger partial charge >= 0.3 is 5.97 Å². The third-order valence-corrected chi connectivity index (χ3v) is 5.70. The molecule has 4 rings (SSSR count). The Hall–Kier alpha value is -3.38. The number of carbonyl (C=O) groups is 1. The Morgan fingerprint density at radius 2 is 2.03 bits per heavy atom. The van der Waals surface area contributed by atoms with Crippen LogP contribution in [0.1, 0.15) is 41.8 Å². The minimum Gasteiger partial charge on any atom is -0.472 e. The zero-order valence-corrected chi connectivity index (χ0v) is 20.5. The van der Waals surface area contributed by atoms with E-state index in [-0.39, 0.29) is 5.97 Å². The normalized spacial score (nSPS) is 10.5. The Balaban J connectivity index is 1.75. The topological polar surface area (TPSA) is 66.2 Å². The fourth-order valence-corrected chi connectivity index (χ4v) is 3.85. The summed E-state index contributed by atoms with van der Waals surface area (Å²) in [5.74, 6) is 6.62. The second kappa shape index (κ2) is 10.5. The van der Waals surface area contributed by atoms with Crippen LogP contribution in [0.5, 0.6) is 5.88 Å². The van der Waals surface area contributed by atoms with Gasteiger partial charge in [0, 0.05) is 29.1 Å². The quantitative estimate of drug-likeness (QED) is 0.179. The lowest BCUT2D eigenvalue weighted by molar-refractivity contribution is 0.0526. The van der Waals surface area contributed by atoms with Crippen LogP contribution in [-0.4, -0.2) is 27.3 Å². The molecule has 7 heteroatoms. The molecule has 0 spiro atoms. The van der Waals surface area contributed by atoms with Gasteiger partial charge in [0.1, 0.15) is 6.61 Å². The van der Waals surface area contributed by atoms with Crippen LogP contribution in [0, 0.1) is 15.4 Å². The van der Waals surface area contributed by atoms with E-state index in [0.717, 1.165) is 37.7 Å². The lowest BCUT2D eigenvalue weighted by Gasteiger charge is -2.11. The minimum absolute atomic E-state index is 0.324. The maximum absolute atomic E-state index is 12.2. The molecule has 0 saturated heterocycles. The van der Waals surface area contributed by atoms with Crippen LogP contribution >= 0.6 is 22.6 Å². The number of ether oxygens (including phenoxy) is 2.